The van der Waals surface area contributed by atoms with Gasteiger partial charge in [0.2, 0.25) is 5.91 Å². The fraction of sp³-hybridized carbons (Fsp3) is 0.364. The molecule has 2 aliphatic heterocycles. The molecule has 4 rings (SSSR count). The van der Waals surface area contributed by atoms with Gasteiger partial charge in [0.1, 0.15) is 0 Å². The predicted octanol–water partition coefficient (Wildman–Crippen LogP) is 1.36. The number of benzene rings is 2. The lowest BCUT2D eigenvalue weighted by Crippen LogP contribution is -2.51. The Hall–Kier alpha value is -2.70. The van der Waals surface area contributed by atoms with Gasteiger partial charge in [0.25, 0.3) is 5.91 Å². The first-order chi connectivity index (χ1) is 13.7. The molecule has 0 aromatic heterocycles. The second-order valence-corrected chi connectivity index (χ2v) is 7.38. The van der Waals surface area contributed by atoms with Crippen molar-refractivity contribution in [2.24, 2.45) is 0 Å². The molecule has 0 atom stereocenters. The SMILES string of the molecule is O=C(CN1CCN(C(=O)c2cccc3c2CNC3)CC1)NCc1ccccc1. The van der Waals surface area contributed by atoms with Crippen LogP contribution in [0.3, 0.4) is 0 Å². The summed E-state index contributed by atoms with van der Waals surface area (Å²) in [7, 11) is 0. The molecule has 0 radical (unpaired) electrons. The molecule has 2 heterocycles. The Kier molecular flexibility index (Phi) is 5.69. The van der Waals surface area contributed by atoms with E-state index in [-0.39, 0.29) is 11.8 Å². The number of nitrogens with zero attached hydrogens (tertiary/aromatic N) is 2. The second-order valence-electron chi connectivity index (χ2n) is 7.38. The zero-order valence-corrected chi connectivity index (χ0v) is 16.0. The Morgan fingerprint density at radius 2 is 1.71 bits per heavy atom. The highest BCUT2D eigenvalue weighted by Gasteiger charge is 2.26. The highest BCUT2D eigenvalue weighted by atomic mass is 16.2. The molecule has 2 N–H and O–H groups in total. The molecule has 0 spiro atoms. The van der Waals surface area contributed by atoms with Crippen LogP contribution in [0.25, 0.3) is 0 Å². The van der Waals surface area contributed by atoms with Crippen molar-refractivity contribution in [3.63, 3.8) is 0 Å². The number of carbonyl (C=O) groups excluding carboxylic acids is 2. The smallest absolute Gasteiger partial charge is 0.254 e. The molecule has 6 nitrogen and oxygen atoms in total. The first kappa shape index (κ1) is 18.7. The van der Waals surface area contributed by atoms with E-state index in [1.165, 1.54) is 5.56 Å². The van der Waals surface area contributed by atoms with Gasteiger partial charge in [0.05, 0.1) is 6.54 Å². The summed E-state index contributed by atoms with van der Waals surface area (Å²) >= 11 is 0. The van der Waals surface area contributed by atoms with Crippen LogP contribution in [0.2, 0.25) is 0 Å². The fourth-order valence-corrected chi connectivity index (χ4v) is 3.87. The van der Waals surface area contributed by atoms with Crippen molar-refractivity contribution < 1.29 is 9.59 Å². The molecule has 0 saturated carbocycles. The van der Waals surface area contributed by atoms with E-state index in [0.717, 1.165) is 42.9 Å². The van der Waals surface area contributed by atoms with Gasteiger partial charge in [-0.25, -0.2) is 0 Å². The number of amides is 2. The highest BCUT2D eigenvalue weighted by Crippen LogP contribution is 2.21. The summed E-state index contributed by atoms with van der Waals surface area (Å²) in [6.07, 6.45) is 0. The topological polar surface area (TPSA) is 64.7 Å². The summed E-state index contributed by atoms with van der Waals surface area (Å²) < 4.78 is 0. The van der Waals surface area contributed by atoms with Crippen LogP contribution in [-0.2, 0) is 24.4 Å². The minimum atomic E-state index is 0.0237. The first-order valence-corrected chi connectivity index (χ1v) is 9.84. The molecular formula is C22H26N4O2. The van der Waals surface area contributed by atoms with E-state index in [1.807, 2.05) is 47.4 Å². The number of nitrogens with one attached hydrogen (secondary N) is 2. The largest absolute Gasteiger partial charge is 0.351 e. The Morgan fingerprint density at radius 3 is 2.50 bits per heavy atom. The third-order valence-electron chi connectivity index (χ3n) is 5.48. The van der Waals surface area contributed by atoms with Crippen LogP contribution in [0.5, 0.6) is 0 Å². The minimum Gasteiger partial charge on any atom is -0.351 e. The van der Waals surface area contributed by atoms with Crippen LogP contribution in [0.4, 0.5) is 0 Å². The third kappa shape index (κ3) is 4.24. The molecule has 2 aromatic rings. The van der Waals surface area contributed by atoms with Gasteiger partial charge in [0.15, 0.2) is 0 Å². The molecule has 1 saturated heterocycles. The summed E-state index contributed by atoms with van der Waals surface area (Å²) in [4.78, 5) is 29.2. The molecular weight excluding hydrogens is 352 g/mol. The van der Waals surface area contributed by atoms with Gasteiger partial charge in [-0.1, -0.05) is 42.5 Å². The van der Waals surface area contributed by atoms with Crippen LogP contribution in [0.15, 0.2) is 48.5 Å². The van der Waals surface area contributed by atoms with Gasteiger partial charge in [-0.3, -0.25) is 14.5 Å². The zero-order valence-electron chi connectivity index (χ0n) is 16.0. The van der Waals surface area contributed by atoms with Crippen molar-refractivity contribution in [1.82, 2.24) is 20.4 Å². The monoisotopic (exact) mass is 378 g/mol. The average Bonchev–Trinajstić information content (AvgIpc) is 3.22. The highest BCUT2D eigenvalue weighted by molar-refractivity contribution is 5.96. The van der Waals surface area contributed by atoms with E-state index in [1.54, 1.807) is 0 Å². The Balaban J connectivity index is 1.26. The molecule has 146 valence electrons. The molecule has 0 bridgehead atoms. The number of hydrogen-bond acceptors (Lipinski definition) is 4. The second kappa shape index (κ2) is 8.54. The summed E-state index contributed by atoms with van der Waals surface area (Å²) in [5.41, 5.74) is 4.27. The van der Waals surface area contributed by atoms with E-state index >= 15 is 0 Å². The molecule has 2 amide bonds. The Morgan fingerprint density at radius 1 is 0.929 bits per heavy atom. The maximum atomic E-state index is 12.9. The van der Waals surface area contributed by atoms with Crippen molar-refractivity contribution in [2.75, 3.05) is 32.7 Å². The standard InChI is InChI=1S/C22H26N4O2/c27-21(24-13-17-5-2-1-3-6-17)16-25-9-11-26(12-10-25)22(28)19-8-4-7-18-14-23-15-20(18)19/h1-8,23H,9-16H2,(H,24,27). The predicted molar refractivity (Wildman–Crippen MR) is 108 cm³/mol. The average molecular weight is 378 g/mol. The molecule has 0 unspecified atom stereocenters. The fourth-order valence-electron chi connectivity index (χ4n) is 3.87. The Labute approximate surface area is 165 Å². The lowest BCUT2D eigenvalue weighted by molar-refractivity contribution is -0.122. The van der Waals surface area contributed by atoms with E-state index in [4.69, 9.17) is 0 Å². The van der Waals surface area contributed by atoms with Crippen molar-refractivity contribution in [1.29, 1.82) is 0 Å². The van der Waals surface area contributed by atoms with E-state index in [0.29, 0.717) is 26.2 Å². The van der Waals surface area contributed by atoms with Crippen molar-refractivity contribution in [3.05, 3.63) is 70.8 Å². The normalized spacial score (nSPS) is 16.6. The summed E-state index contributed by atoms with van der Waals surface area (Å²) in [6, 6.07) is 15.9. The summed E-state index contributed by atoms with van der Waals surface area (Å²) in [5.74, 6) is 0.129. The van der Waals surface area contributed by atoms with E-state index in [9.17, 15) is 9.59 Å². The number of rotatable bonds is 5. The molecule has 2 aliphatic rings. The lowest BCUT2D eigenvalue weighted by Gasteiger charge is -2.34. The van der Waals surface area contributed by atoms with Gasteiger partial charge < -0.3 is 15.5 Å². The van der Waals surface area contributed by atoms with Gasteiger partial charge in [-0.05, 0) is 22.8 Å². The molecule has 1 fully saturated rings. The van der Waals surface area contributed by atoms with Gasteiger partial charge >= 0.3 is 0 Å². The van der Waals surface area contributed by atoms with Crippen LogP contribution in [0.1, 0.15) is 27.0 Å². The number of piperazine rings is 1. The number of carbonyl (C=O) groups is 2. The molecule has 28 heavy (non-hydrogen) atoms. The summed E-state index contributed by atoms with van der Waals surface area (Å²) in [5, 5.41) is 6.28. The van der Waals surface area contributed by atoms with Crippen LogP contribution >= 0.6 is 0 Å². The van der Waals surface area contributed by atoms with Crippen molar-refractivity contribution >= 4 is 11.8 Å². The maximum absolute atomic E-state index is 12.9. The zero-order chi connectivity index (χ0) is 19.3. The first-order valence-electron chi connectivity index (χ1n) is 9.84. The van der Waals surface area contributed by atoms with Crippen LogP contribution < -0.4 is 10.6 Å². The third-order valence-corrected chi connectivity index (χ3v) is 5.48. The number of fused-ring (bicyclic) bond motifs is 1. The summed E-state index contributed by atoms with van der Waals surface area (Å²) in [6.45, 7) is 5.27. The quantitative estimate of drug-likeness (QED) is 0.825. The van der Waals surface area contributed by atoms with E-state index < -0.39 is 0 Å². The van der Waals surface area contributed by atoms with Crippen molar-refractivity contribution in [3.8, 4) is 0 Å². The Bertz CT molecular complexity index is 845. The lowest BCUT2D eigenvalue weighted by atomic mass is 10.0. The van der Waals surface area contributed by atoms with E-state index in [2.05, 4.69) is 21.6 Å². The molecule has 2 aromatic carbocycles. The molecule has 0 aliphatic carbocycles. The van der Waals surface area contributed by atoms with Gasteiger partial charge in [0, 0.05) is 51.4 Å². The van der Waals surface area contributed by atoms with Crippen LogP contribution in [-0.4, -0.2) is 54.3 Å². The van der Waals surface area contributed by atoms with Gasteiger partial charge in [-0.2, -0.15) is 0 Å². The maximum Gasteiger partial charge on any atom is 0.254 e. The minimum absolute atomic E-state index is 0.0237. The number of hydrogen-bond donors (Lipinski definition) is 2. The van der Waals surface area contributed by atoms with Gasteiger partial charge in [-0.15, -0.1) is 0 Å². The van der Waals surface area contributed by atoms with Crippen LogP contribution in [0, 0.1) is 0 Å². The molecule has 6 heteroatoms. The van der Waals surface area contributed by atoms with Crippen molar-refractivity contribution in [2.45, 2.75) is 19.6 Å².